The topological polar surface area (TPSA) is 9.86 Å². The van der Waals surface area contributed by atoms with Crippen LogP contribution < -0.4 is 0 Å². The van der Waals surface area contributed by atoms with Gasteiger partial charge in [-0.1, -0.05) is 0 Å². The molecule has 2 aliphatic carbocycles. The number of hydrogen-bond donors (Lipinski definition) is 0. The molecule has 2 nitrogen and oxygen atoms in total. The second kappa shape index (κ2) is 2.44. The van der Waals surface area contributed by atoms with E-state index in [4.69, 9.17) is 0 Å². The fraction of sp³-hybridized carbons (Fsp3) is 0.667. The third-order valence-electron chi connectivity index (χ3n) is 2.66. The van der Waals surface area contributed by atoms with E-state index in [0.717, 1.165) is 12.1 Å². The molecule has 0 aromatic carbocycles. The number of imidazole rings is 1. The Labute approximate surface area is 82.6 Å². The predicted molar refractivity (Wildman–Crippen MR) is 42.2 cm³/mol. The van der Waals surface area contributed by atoms with Gasteiger partial charge in [0.15, 0.2) is 0 Å². The van der Waals surface area contributed by atoms with Gasteiger partial charge in [0.25, 0.3) is 0 Å². The minimum atomic E-state index is 0.831. The maximum absolute atomic E-state index is 2.46. The fourth-order valence-electron chi connectivity index (χ4n) is 1.62. The number of hydrogen-bond acceptors (Lipinski definition) is 0. The number of nitrogens with zero attached hydrogens (tertiary/aromatic N) is 2. The van der Waals surface area contributed by atoms with Crippen LogP contribution in [0.3, 0.4) is 0 Å². The summed E-state index contributed by atoms with van der Waals surface area (Å²) in [6, 6.07) is 1.66. The van der Waals surface area contributed by atoms with E-state index >= 15 is 0 Å². The molecule has 0 N–H and O–H groups in total. The van der Waals surface area contributed by atoms with Gasteiger partial charge in [0.1, 0.15) is 0 Å². The van der Waals surface area contributed by atoms with Crippen LogP contribution in [0.1, 0.15) is 37.8 Å². The summed E-state index contributed by atoms with van der Waals surface area (Å²) in [7, 11) is 0. The summed E-state index contributed by atoms with van der Waals surface area (Å²) < 4.78 is 6.29. The van der Waals surface area contributed by atoms with E-state index in [1.807, 2.05) is 0 Å². The molecule has 1 aromatic heterocycles. The van der Waals surface area contributed by atoms with E-state index in [1.165, 1.54) is 29.5 Å². The number of aromatic nitrogens is 2. The fourth-order valence-corrected chi connectivity index (χ4v) is 2.79. The van der Waals surface area contributed by atoms with Crippen LogP contribution in [0.2, 0.25) is 0 Å². The molecular formula is C9H12N2Pt. The average molecular weight is 343 g/mol. The average Bonchev–Trinajstić information content (AvgIpc) is 2.94. The van der Waals surface area contributed by atoms with Gasteiger partial charge in [-0.25, -0.2) is 0 Å². The zero-order valence-electron chi connectivity index (χ0n) is 6.85. The molecule has 0 aliphatic heterocycles. The standard InChI is InChI=1S/C9H12N2.Pt/c1-2-8(1)10-5-6-11(7-10)9-3-4-9;/h5-6,8-9H,1-4H2;. The van der Waals surface area contributed by atoms with Crippen molar-refractivity contribution in [2.45, 2.75) is 37.8 Å². The Bertz CT molecular complexity index is 322. The Morgan fingerprint density at radius 3 is 1.75 bits per heavy atom. The Hall–Kier alpha value is -0.102. The molecule has 68 valence electrons. The van der Waals surface area contributed by atoms with Crippen molar-refractivity contribution in [3.05, 3.63) is 16.2 Å². The summed E-state index contributed by atoms with van der Waals surface area (Å²) in [6.45, 7) is 0. The summed E-state index contributed by atoms with van der Waals surface area (Å²) in [5.74, 6) is 0. The van der Waals surface area contributed by atoms with Crippen molar-refractivity contribution in [1.82, 2.24) is 9.13 Å². The summed E-state index contributed by atoms with van der Waals surface area (Å²) in [4.78, 5) is 0. The van der Waals surface area contributed by atoms with Gasteiger partial charge >= 0.3 is 82.5 Å². The third-order valence-corrected chi connectivity index (χ3v) is 3.84. The Balaban J connectivity index is 2.04. The van der Waals surface area contributed by atoms with Crippen molar-refractivity contribution in [1.29, 1.82) is 0 Å². The Morgan fingerprint density at radius 1 is 1.00 bits per heavy atom. The molecule has 0 saturated heterocycles. The molecule has 3 heteroatoms. The molecule has 12 heavy (non-hydrogen) atoms. The van der Waals surface area contributed by atoms with Crippen LogP contribution in [-0.2, 0) is 19.4 Å². The van der Waals surface area contributed by atoms with E-state index in [0.29, 0.717) is 0 Å². The van der Waals surface area contributed by atoms with Gasteiger partial charge in [-0.05, 0) is 0 Å². The molecule has 0 bridgehead atoms. The van der Waals surface area contributed by atoms with Gasteiger partial charge in [-0.2, -0.15) is 0 Å². The third kappa shape index (κ3) is 1.08. The van der Waals surface area contributed by atoms with Crippen LogP contribution in [0, 0.1) is 3.80 Å². The first kappa shape index (κ1) is 7.32. The summed E-state index contributed by atoms with van der Waals surface area (Å²) in [5, 5.41) is 0. The SMILES string of the molecule is [Pt]=[c]1n(C2CC2)ccn1C1CC1. The van der Waals surface area contributed by atoms with E-state index in [-0.39, 0.29) is 0 Å². The maximum atomic E-state index is 2.46. The van der Waals surface area contributed by atoms with Gasteiger partial charge in [0.05, 0.1) is 0 Å². The van der Waals surface area contributed by atoms with Gasteiger partial charge in [-0.15, -0.1) is 0 Å². The first-order valence-corrected chi connectivity index (χ1v) is 5.74. The second-order valence-electron chi connectivity index (χ2n) is 3.82. The molecule has 1 aromatic rings. The van der Waals surface area contributed by atoms with Crippen molar-refractivity contribution < 1.29 is 19.4 Å². The van der Waals surface area contributed by atoms with Crippen LogP contribution >= 0.6 is 0 Å². The van der Waals surface area contributed by atoms with Crippen molar-refractivity contribution >= 4 is 0 Å². The van der Waals surface area contributed by atoms with Crippen LogP contribution in [0.5, 0.6) is 0 Å². The zero-order chi connectivity index (χ0) is 8.13. The van der Waals surface area contributed by atoms with Crippen molar-refractivity contribution in [3.63, 3.8) is 0 Å². The summed E-state index contributed by atoms with van der Waals surface area (Å²) in [5.41, 5.74) is 0. The zero-order valence-corrected chi connectivity index (χ0v) is 9.12. The van der Waals surface area contributed by atoms with E-state index < -0.39 is 0 Å². The van der Waals surface area contributed by atoms with Crippen molar-refractivity contribution in [2.75, 3.05) is 0 Å². The monoisotopic (exact) mass is 343 g/mol. The van der Waals surface area contributed by atoms with Crippen LogP contribution in [0.15, 0.2) is 12.4 Å². The van der Waals surface area contributed by atoms with Crippen LogP contribution in [0.4, 0.5) is 0 Å². The van der Waals surface area contributed by atoms with Gasteiger partial charge < -0.3 is 0 Å². The van der Waals surface area contributed by atoms with Gasteiger partial charge in [0.2, 0.25) is 0 Å². The van der Waals surface area contributed by atoms with Crippen molar-refractivity contribution in [2.24, 2.45) is 0 Å². The normalized spacial score (nSPS) is 23.2. The molecule has 2 saturated carbocycles. The molecule has 0 amide bonds. The van der Waals surface area contributed by atoms with Crippen molar-refractivity contribution in [3.8, 4) is 0 Å². The Morgan fingerprint density at radius 2 is 1.42 bits per heavy atom. The minimum absolute atomic E-state index is 0.831. The quantitative estimate of drug-likeness (QED) is 0.778. The van der Waals surface area contributed by atoms with E-state index in [2.05, 4.69) is 40.9 Å². The van der Waals surface area contributed by atoms with E-state index in [9.17, 15) is 0 Å². The molecule has 0 unspecified atom stereocenters. The molecule has 2 fully saturated rings. The molecule has 2 aliphatic rings. The molecular weight excluding hydrogens is 331 g/mol. The van der Waals surface area contributed by atoms with Crippen LogP contribution in [0.25, 0.3) is 0 Å². The molecule has 0 radical (unpaired) electrons. The number of rotatable bonds is 2. The second-order valence-corrected chi connectivity index (χ2v) is 4.83. The van der Waals surface area contributed by atoms with Gasteiger partial charge in [0, 0.05) is 0 Å². The molecule has 1 heterocycles. The summed E-state index contributed by atoms with van der Waals surface area (Å²) in [6.07, 6.45) is 10.0. The molecule has 3 rings (SSSR count). The van der Waals surface area contributed by atoms with E-state index in [1.54, 1.807) is 0 Å². The van der Waals surface area contributed by atoms with Gasteiger partial charge in [-0.3, -0.25) is 0 Å². The first-order valence-electron chi connectivity index (χ1n) is 4.60. The predicted octanol–water partition coefficient (Wildman–Crippen LogP) is 2.04. The van der Waals surface area contributed by atoms with Crippen LogP contribution in [-0.4, -0.2) is 9.13 Å². The summed E-state index contributed by atoms with van der Waals surface area (Å²) >= 11 is 2.46. The Kier molecular flexibility index (Phi) is 1.49. The molecule has 0 atom stereocenters. The molecule has 0 spiro atoms. The first-order chi connectivity index (χ1) is 5.86.